The molecule has 0 atom stereocenters. The summed E-state index contributed by atoms with van der Waals surface area (Å²) >= 11 is 0. The van der Waals surface area contributed by atoms with Crippen LogP contribution in [0.4, 0.5) is 0 Å². The van der Waals surface area contributed by atoms with Gasteiger partial charge in [-0.3, -0.25) is 4.79 Å². The zero-order valence-electron chi connectivity index (χ0n) is 10.2. The molecule has 0 unspecified atom stereocenters. The van der Waals surface area contributed by atoms with Crippen LogP contribution in [0.2, 0.25) is 0 Å². The molecule has 1 saturated carbocycles. The normalized spacial score (nSPS) is 20.3. The summed E-state index contributed by atoms with van der Waals surface area (Å²) in [6.07, 6.45) is 6.31. The molecule has 0 aromatic rings. The van der Waals surface area contributed by atoms with Crippen molar-refractivity contribution in [2.45, 2.75) is 64.5 Å². The van der Waals surface area contributed by atoms with Crippen LogP contribution in [-0.2, 0) is 4.79 Å². The largest absolute Gasteiger partial charge is 0.353 e. The van der Waals surface area contributed by atoms with E-state index in [-0.39, 0.29) is 17.5 Å². The summed E-state index contributed by atoms with van der Waals surface area (Å²) in [6.45, 7) is 6.66. The monoisotopic (exact) mass is 212 g/mol. The van der Waals surface area contributed by atoms with E-state index >= 15 is 0 Å². The number of rotatable bonds is 4. The number of carbonyl (C=O) groups excluding carboxylic acids is 1. The van der Waals surface area contributed by atoms with Crippen LogP contribution in [0.15, 0.2) is 0 Å². The van der Waals surface area contributed by atoms with E-state index < -0.39 is 0 Å². The summed E-state index contributed by atoms with van der Waals surface area (Å²) < 4.78 is 0. The quantitative estimate of drug-likeness (QED) is 0.746. The number of carbonyl (C=O) groups is 1. The third-order valence-corrected chi connectivity index (χ3v) is 3.08. The molecule has 88 valence electrons. The van der Waals surface area contributed by atoms with E-state index in [0.29, 0.717) is 6.54 Å². The van der Waals surface area contributed by atoms with Crippen LogP contribution in [0.3, 0.4) is 0 Å². The fourth-order valence-corrected chi connectivity index (χ4v) is 2.18. The number of hydrogen-bond donors (Lipinski definition) is 2. The van der Waals surface area contributed by atoms with Crippen LogP contribution < -0.4 is 10.6 Å². The molecule has 0 aromatic heterocycles. The molecule has 0 bridgehead atoms. The Kier molecular flexibility index (Phi) is 4.58. The topological polar surface area (TPSA) is 41.1 Å². The van der Waals surface area contributed by atoms with E-state index in [2.05, 4.69) is 17.6 Å². The lowest BCUT2D eigenvalue weighted by Gasteiger charge is -2.34. The van der Waals surface area contributed by atoms with Gasteiger partial charge in [-0.05, 0) is 33.6 Å². The van der Waals surface area contributed by atoms with Gasteiger partial charge in [-0.2, -0.15) is 0 Å². The van der Waals surface area contributed by atoms with E-state index in [9.17, 15) is 4.79 Å². The van der Waals surface area contributed by atoms with E-state index in [1.807, 2.05) is 13.8 Å². The standard InChI is InChI=1S/C12H24N2O/c1-10(2)14-11(15)9-13-12(3)7-5-4-6-8-12/h10,13H,4-9H2,1-3H3,(H,14,15). The Morgan fingerprint density at radius 2 is 1.87 bits per heavy atom. The summed E-state index contributed by atoms with van der Waals surface area (Å²) in [5.41, 5.74) is 0.187. The van der Waals surface area contributed by atoms with Gasteiger partial charge in [-0.25, -0.2) is 0 Å². The first-order valence-electron chi connectivity index (χ1n) is 6.06. The number of nitrogens with one attached hydrogen (secondary N) is 2. The lowest BCUT2D eigenvalue weighted by Crippen LogP contribution is -2.49. The average Bonchev–Trinajstić information content (AvgIpc) is 2.15. The number of amides is 1. The van der Waals surface area contributed by atoms with E-state index in [4.69, 9.17) is 0 Å². The minimum Gasteiger partial charge on any atom is -0.353 e. The van der Waals surface area contributed by atoms with Crippen LogP contribution in [0.25, 0.3) is 0 Å². The average molecular weight is 212 g/mol. The van der Waals surface area contributed by atoms with Crippen molar-refractivity contribution in [3.63, 3.8) is 0 Å². The lowest BCUT2D eigenvalue weighted by atomic mass is 9.83. The molecule has 0 heterocycles. The maximum atomic E-state index is 11.5. The summed E-state index contributed by atoms with van der Waals surface area (Å²) in [6, 6.07) is 0.235. The Morgan fingerprint density at radius 1 is 1.27 bits per heavy atom. The Bertz CT molecular complexity index is 208. The highest BCUT2D eigenvalue weighted by molar-refractivity contribution is 5.78. The molecule has 1 aliphatic rings. The minimum atomic E-state index is 0.108. The molecule has 1 fully saturated rings. The second-order valence-corrected chi connectivity index (χ2v) is 5.20. The molecule has 0 saturated heterocycles. The summed E-state index contributed by atoms with van der Waals surface area (Å²) in [7, 11) is 0. The molecule has 3 heteroatoms. The second-order valence-electron chi connectivity index (χ2n) is 5.20. The van der Waals surface area contributed by atoms with Crippen molar-refractivity contribution >= 4 is 5.91 Å². The highest BCUT2D eigenvalue weighted by Gasteiger charge is 2.26. The fourth-order valence-electron chi connectivity index (χ4n) is 2.18. The van der Waals surface area contributed by atoms with Gasteiger partial charge in [-0.1, -0.05) is 19.3 Å². The third kappa shape index (κ3) is 4.65. The van der Waals surface area contributed by atoms with Gasteiger partial charge in [0.05, 0.1) is 6.54 Å². The van der Waals surface area contributed by atoms with Gasteiger partial charge in [-0.15, -0.1) is 0 Å². The fraction of sp³-hybridized carbons (Fsp3) is 0.917. The first kappa shape index (κ1) is 12.5. The van der Waals surface area contributed by atoms with Gasteiger partial charge < -0.3 is 10.6 Å². The smallest absolute Gasteiger partial charge is 0.234 e. The molecular weight excluding hydrogens is 188 g/mol. The number of hydrogen-bond acceptors (Lipinski definition) is 2. The predicted octanol–water partition coefficient (Wildman–Crippen LogP) is 1.82. The highest BCUT2D eigenvalue weighted by Crippen LogP contribution is 2.27. The molecule has 2 N–H and O–H groups in total. The van der Waals surface area contributed by atoms with E-state index in [0.717, 1.165) is 0 Å². The van der Waals surface area contributed by atoms with Gasteiger partial charge in [0.25, 0.3) is 0 Å². The Hall–Kier alpha value is -0.570. The Labute approximate surface area is 93.0 Å². The minimum absolute atomic E-state index is 0.108. The molecule has 0 aliphatic heterocycles. The molecule has 0 radical (unpaired) electrons. The molecule has 1 aliphatic carbocycles. The lowest BCUT2D eigenvalue weighted by molar-refractivity contribution is -0.121. The van der Waals surface area contributed by atoms with Crippen molar-refractivity contribution < 1.29 is 4.79 Å². The summed E-state index contributed by atoms with van der Waals surface area (Å²) in [5.74, 6) is 0.108. The molecule has 1 rings (SSSR count). The maximum Gasteiger partial charge on any atom is 0.234 e. The zero-order chi connectivity index (χ0) is 11.3. The predicted molar refractivity (Wildman–Crippen MR) is 62.8 cm³/mol. The Balaban J connectivity index is 2.25. The molecular formula is C12H24N2O. The first-order chi connectivity index (χ1) is 7.02. The van der Waals surface area contributed by atoms with Crippen molar-refractivity contribution in [2.24, 2.45) is 0 Å². The zero-order valence-corrected chi connectivity index (χ0v) is 10.2. The van der Waals surface area contributed by atoms with Gasteiger partial charge in [0.2, 0.25) is 5.91 Å². The van der Waals surface area contributed by atoms with Crippen LogP contribution in [-0.4, -0.2) is 24.0 Å². The molecule has 3 nitrogen and oxygen atoms in total. The van der Waals surface area contributed by atoms with Crippen molar-refractivity contribution in [2.75, 3.05) is 6.54 Å². The first-order valence-corrected chi connectivity index (χ1v) is 6.06. The van der Waals surface area contributed by atoms with E-state index in [1.54, 1.807) is 0 Å². The summed E-state index contributed by atoms with van der Waals surface area (Å²) in [4.78, 5) is 11.5. The van der Waals surface area contributed by atoms with Crippen molar-refractivity contribution in [3.8, 4) is 0 Å². The van der Waals surface area contributed by atoms with Crippen molar-refractivity contribution in [1.29, 1.82) is 0 Å². The van der Waals surface area contributed by atoms with Crippen LogP contribution in [0, 0.1) is 0 Å². The SMILES string of the molecule is CC(C)NC(=O)CNC1(C)CCCCC1. The molecule has 15 heavy (non-hydrogen) atoms. The van der Waals surface area contributed by atoms with Crippen LogP contribution >= 0.6 is 0 Å². The van der Waals surface area contributed by atoms with Gasteiger partial charge in [0.1, 0.15) is 0 Å². The van der Waals surface area contributed by atoms with Crippen molar-refractivity contribution in [1.82, 2.24) is 10.6 Å². The van der Waals surface area contributed by atoms with Gasteiger partial charge in [0, 0.05) is 11.6 Å². The summed E-state index contributed by atoms with van der Waals surface area (Å²) in [5, 5.41) is 6.29. The third-order valence-electron chi connectivity index (χ3n) is 3.08. The van der Waals surface area contributed by atoms with E-state index in [1.165, 1.54) is 32.1 Å². The highest BCUT2D eigenvalue weighted by atomic mass is 16.1. The molecule has 0 aromatic carbocycles. The van der Waals surface area contributed by atoms with Crippen molar-refractivity contribution in [3.05, 3.63) is 0 Å². The Morgan fingerprint density at radius 3 is 2.40 bits per heavy atom. The van der Waals surface area contributed by atoms with Crippen LogP contribution in [0.1, 0.15) is 52.9 Å². The maximum absolute atomic E-state index is 11.5. The molecule has 0 spiro atoms. The second kappa shape index (κ2) is 5.50. The van der Waals surface area contributed by atoms with Crippen LogP contribution in [0.5, 0.6) is 0 Å². The molecule has 1 amide bonds. The van der Waals surface area contributed by atoms with Gasteiger partial charge in [0.15, 0.2) is 0 Å². The van der Waals surface area contributed by atoms with Gasteiger partial charge >= 0.3 is 0 Å².